The zero-order chi connectivity index (χ0) is 11.0. The lowest BCUT2D eigenvalue weighted by Crippen LogP contribution is -2.47. The second-order valence-corrected chi connectivity index (χ2v) is 2.94. The third-order valence-electron chi connectivity index (χ3n) is 1.64. The molecule has 82 valence electrons. The number of carbonyl (C=O) groups is 2. The number of nitrogens with one attached hydrogen (secondary N) is 2. The first kappa shape index (κ1) is 12.7. The molecule has 6 heteroatoms. The van der Waals surface area contributed by atoms with Crippen LogP contribution in [0.3, 0.4) is 0 Å². The van der Waals surface area contributed by atoms with Gasteiger partial charge < -0.3 is 21.5 Å². The lowest BCUT2D eigenvalue weighted by atomic mass is 10.2. The van der Waals surface area contributed by atoms with Crippen molar-refractivity contribution in [1.82, 2.24) is 10.6 Å². The van der Waals surface area contributed by atoms with E-state index in [2.05, 4.69) is 5.32 Å². The van der Waals surface area contributed by atoms with Crippen LogP contribution in [0.4, 0.5) is 4.79 Å². The van der Waals surface area contributed by atoms with Gasteiger partial charge in [0.15, 0.2) is 0 Å². The fourth-order valence-corrected chi connectivity index (χ4v) is 0.809. The lowest BCUT2D eigenvalue weighted by molar-refractivity contribution is -0.122. The Labute approximate surface area is 82.9 Å². The van der Waals surface area contributed by atoms with E-state index in [0.717, 1.165) is 12.8 Å². The predicted octanol–water partition coefficient (Wildman–Crippen LogP) is -0.502. The molecule has 1 atom stereocenters. The number of nitrogens with two attached hydrogens (primary N) is 1. The molecule has 0 aromatic heterocycles. The largest absolute Gasteiger partial charge is 0.465 e. The first-order valence-corrected chi connectivity index (χ1v) is 4.58. The lowest BCUT2D eigenvalue weighted by Gasteiger charge is -2.11. The van der Waals surface area contributed by atoms with E-state index in [1.165, 1.54) is 0 Å². The maximum atomic E-state index is 11.2. The van der Waals surface area contributed by atoms with Crippen LogP contribution in [-0.2, 0) is 4.79 Å². The van der Waals surface area contributed by atoms with E-state index in [9.17, 15) is 9.59 Å². The Balaban J connectivity index is 3.59. The van der Waals surface area contributed by atoms with Crippen molar-refractivity contribution >= 4 is 12.0 Å². The zero-order valence-electron chi connectivity index (χ0n) is 8.25. The van der Waals surface area contributed by atoms with Gasteiger partial charge in [0.1, 0.15) is 6.04 Å². The average molecular weight is 203 g/mol. The Morgan fingerprint density at radius 1 is 1.43 bits per heavy atom. The molecule has 0 aliphatic carbocycles. The van der Waals surface area contributed by atoms with E-state index in [-0.39, 0.29) is 12.5 Å². The van der Waals surface area contributed by atoms with E-state index in [0.29, 0.717) is 6.54 Å². The number of rotatable bonds is 6. The Morgan fingerprint density at radius 3 is 2.57 bits per heavy atom. The topological polar surface area (TPSA) is 104 Å². The number of unbranched alkanes of at least 4 members (excludes halogenated alkanes) is 1. The molecule has 0 aromatic carbocycles. The zero-order valence-corrected chi connectivity index (χ0v) is 8.25. The molecule has 2 amide bonds. The number of hydrogen-bond acceptors (Lipinski definition) is 3. The number of amides is 2. The summed E-state index contributed by atoms with van der Waals surface area (Å²) in [5.41, 5.74) is 5.41. The fraction of sp³-hybridized carbons (Fsp3) is 0.750. The molecule has 0 spiro atoms. The minimum Gasteiger partial charge on any atom is -0.465 e. The molecule has 0 aliphatic heterocycles. The first-order valence-electron chi connectivity index (χ1n) is 4.58. The minimum absolute atomic E-state index is 0.0622. The molecule has 0 radical (unpaired) electrons. The molecule has 0 aromatic rings. The van der Waals surface area contributed by atoms with Crippen LogP contribution in [0.15, 0.2) is 0 Å². The highest BCUT2D eigenvalue weighted by atomic mass is 16.4. The smallest absolute Gasteiger partial charge is 0.404 e. The molecule has 0 saturated carbocycles. The Kier molecular flexibility index (Phi) is 6.47. The van der Waals surface area contributed by atoms with Crippen molar-refractivity contribution in [3.8, 4) is 0 Å². The average Bonchev–Trinajstić information content (AvgIpc) is 2.14. The van der Waals surface area contributed by atoms with E-state index in [1.54, 1.807) is 0 Å². The summed E-state index contributed by atoms with van der Waals surface area (Å²) in [5, 5.41) is 12.9. The van der Waals surface area contributed by atoms with E-state index >= 15 is 0 Å². The molecular formula is C8H17N3O3. The summed E-state index contributed by atoms with van der Waals surface area (Å²) in [6.45, 7) is 2.53. The summed E-state index contributed by atoms with van der Waals surface area (Å²) in [7, 11) is 0. The second kappa shape index (κ2) is 7.14. The maximum absolute atomic E-state index is 11.2. The highest BCUT2D eigenvalue weighted by Gasteiger charge is 2.12. The second-order valence-electron chi connectivity index (χ2n) is 2.94. The van der Waals surface area contributed by atoms with Crippen LogP contribution in [0.2, 0.25) is 0 Å². The highest BCUT2D eigenvalue weighted by Crippen LogP contribution is 1.84. The highest BCUT2D eigenvalue weighted by molar-refractivity contribution is 5.82. The quantitative estimate of drug-likeness (QED) is 0.437. The maximum Gasteiger partial charge on any atom is 0.404 e. The van der Waals surface area contributed by atoms with Crippen LogP contribution in [0.1, 0.15) is 19.8 Å². The van der Waals surface area contributed by atoms with Gasteiger partial charge in [0.25, 0.3) is 0 Å². The van der Waals surface area contributed by atoms with Crippen molar-refractivity contribution in [3.05, 3.63) is 0 Å². The van der Waals surface area contributed by atoms with Crippen molar-refractivity contribution in [1.29, 1.82) is 0 Å². The molecule has 5 N–H and O–H groups in total. The molecule has 0 aliphatic rings. The molecule has 14 heavy (non-hydrogen) atoms. The van der Waals surface area contributed by atoms with Crippen LogP contribution in [0.25, 0.3) is 0 Å². The summed E-state index contributed by atoms with van der Waals surface area (Å²) in [4.78, 5) is 21.2. The monoisotopic (exact) mass is 203 g/mol. The standard InChI is InChI=1S/C8H17N3O3/c1-2-3-4-10-7(12)6(9)5-11-8(13)14/h6,11H,2-5,9H2,1H3,(H,10,12)(H,13,14)/t6-/m0/s1. The Hall–Kier alpha value is -1.30. The Morgan fingerprint density at radius 2 is 2.07 bits per heavy atom. The van der Waals surface area contributed by atoms with Gasteiger partial charge in [-0.2, -0.15) is 0 Å². The fourth-order valence-electron chi connectivity index (χ4n) is 0.809. The van der Waals surface area contributed by atoms with Crippen LogP contribution in [0, 0.1) is 0 Å². The number of carboxylic acid groups (broad SMARTS) is 1. The predicted molar refractivity (Wildman–Crippen MR) is 51.9 cm³/mol. The van der Waals surface area contributed by atoms with E-state index in [4.69, 9.17) is 10.8 Å². The third kappa shape index (κ3) is 6.24. The van der Waals surface area contributed by atoms with Crippen LogP contribution >= 0.6 is 0 Å². The van der Waals surface area contributed by atoms with Crippen molar-refractivity contribution in [2.45, 2.75) is 25.8 Å². The molecule has 0 bridgehead atoms. The summed E-state index contributed by atoms with van der Waals surface area (Å²) in [6.07, 6.45) is 0.704. The molecule has 6 nitrogen and oxygen atoms in total. The van der Waals surface area contributed by atoms with Gasteiger partial charge in [0.2, 0.25) is 5.91 Å². The van der Waals surface area contributed by atoms with Crippen molar-refractivity contribution < 1.29 is 14.7 Å². The summed E-state index contributed by atoms with van der Waals surface area (Å²) in [5.74, 6) is -0.327. The van der Waals surface area contributed by atoms with Crippen LogP contribution < -0.4 is 16.4 Å². The summed E-state index contributed by atoms with van der Waals surface area (Å²) < 4.78 is 0. The molecule has 0 heterocycles. The van der Waals surface area contributed by atoms with Crippen molar-refractivity contribution in [2.24, 2.45) is 5.73 Å². The van der Waals surface area contributed by atoms with Gasteiger partial charge in [0.05, 0.1) is 0 Å². The van der Waals surface area contributed by atoms with Gasteiger partial charge in [-0.05, 0) is 6.42 Å². The number of carbonyl (C=O) groups excluding carboxylic acids is 1. The van der Waals surface area contributed by atoms with Gasteiger partial charge in [0, 0.05) is 13.1 Å². The van der Waals surface area contributed by atoms with Crippen molar-refractivity contribution in [2.75, 3.05) is 13.1 Å². The van der Waals surface area contributed by atoms with Gasteiger partial charge in [-0.25, -0.2) is 4.79 Å². The third-order valence-corrected chi connectivity index (χ3v) is 1.64. The molecule has 0 unspecified atom stereocenters. The molecule has 0 fully saturated rings. The normalized spacial score (nSPS) is 11.9. The van der Waals surface area contributed by atoms with Crippen molar-refractivity contribution in [3.63, 3.8) is 0 Å². The van der Waals surface area contributed by atoms with Gasteiger partial charge in [-0.3, -0.25) is 4.79 Å². The van der Waals surface area contributed by atoms with Gasteiger partial charge >= 0.3 is 6.09 Å². The van der Waals surface area contributed by atoms with Gasteiger partial charge in [-0.1, -0.05) is 13.3 Å². The molecular weight excluding hydrogens is 186 g/mol. The van der Waals surface area contributed by atoms with E-state index < -0.39 is 12.1 Å². The number of hydrogen-bond donors (Lipinski definition) is 4. The Bertz CT molecular complexity index is 196. The molecule has 0 saturated heterocycles. The van der Waals surface area contributed by atoms with Crippen LogP contribution in [-0.4, -0.2) is 36.2 Å². The summed E-state index contributed by atoms with van der Waals surface area (Å²) >= 11 is 0. The van der Waals surface area contributed by atoms with E-state index in [1.807, 2.05) is 12.2 Å². The van der Waals surface area contributed by atoms with Gasteiger partial charge in [-0.15, -0.1) is 0 Å². The minimum atomic E-state index is -1.18. The first-order chi connectivity index (χ1) is 6.57. The SMILES string of the molecule is CCCCNC(=O)[C@@H](N)CNC(=O)O. The molecule has 0 rings (SSSR count). The van der Waals surface area contributed by atoms with Crippen LogP contribution in [0.5, 0.6) is 0 Å². The summed E-state index contributed by atoms with van der Waals surface area (Å²) in [6, 6.07) is -0.817.